The molecule has 1 aliphatic heterocycles. The van der Waals surface area contributed by atoms with Gasteiger partial charge in [-0.1, -0.05) is 6.07 Å². The summed E-state index contributed by atoms with van der Waals surface area (Å²) in [6, 6.07) is 6.46. The van der Waals surface area contributed by atoms with Crippen LogP contribution in [0.4, 0.5) is 11.6 Å². The number of aryl methyl sites for hydroxylation is 1. The molecule has 4 heterocycles. The van der Waals surface area contributed by atoms with Crippen LogP contribution in [0.2, 0.25) is 0 Å². The van der Waals surface area contributed by atoms with Gasteiger partial charge in [-0.25, -0.2) is 15.0 Å². The molecule has 0 aromatic carbocycles. The number of aromatic nitrogens is 3. The summed E-state index contributed by atoms with van der Waals surface area (Å²) in [5.74, 6) is 2.01. The number of anilines is 2. The Kier molecular flexibility index (Phi) is 3.83. The molecule has 0 aliphatic carbocycles. The zero-order chi connectivity index (χ0) is 15.6. The van der Waals surface area contributed by atoms with E-state index in [9.17, 15) is 0 Å². The molecule has 0 saturated carbocycles. The number of rotatable bonds is 3. The molecule has 1 fully saturated rings. The van der Waals surface area contributed by atoms with E-state index >= 15 is 0 Å². The second-order valence-electron chi connectivity index (χ2n) is 5.94. The number of hydrogen-bond acceptors (Lipinski definition) is 6. The fourth-order valence-corrected chi connectivity index (χ4v) is 4.06. The first kappa shape index (κ1) is 14.4. The first-order valence-electron chi connectivity index (χ1n) is 7.92. The Balaban J connectivity index is 1.54. The highest BCUT2D eigenvalue weighted by atomic mass is 32.1. The summed E-state index contributed by atoms with van der Waals surface area (Å²) < 4.78 is 1.15. The first-order chi connectivity index (χ1) is 11.3. The highest BCUT2D eigenvalue weighted by molar-refractivity contribution is 7.18. The Morgan fingerprint density at radius 1 is 1.26 bits per heavy atom. The van der Waals surface area contributed by atoms with Gasteiger partial charge >= 0.3 is 0 Å². The van der Waals surface area contributed by atoms with Crippen molar-refractivity contribution in [2.45, 2.75) is 25.8 Å². The first-order valence-corrected chi connectivity index (χ1v) is 8.80. The molecule has 1 N–H and O–H groups in total. The maximum atomic E-state index is 4.47. The van der Waals surface area contributed by atoms with Crippen LogP contribution in [0.3, 0.4) is 0 Å². The Bertz CT molecular complexity index is 801. The van der Waals surface area contributed by atoms with E-state index in [1.54, 1.807) is 17.7 Å². The molecule has 3 aromatic rings. The lowest BCUT2D eigenvalue weighted by Crippen LogP contribution is -2.42. The quantitative estimate of drug-likeness (QED) is 0.799. The van der Waals surface area contributed by atoms with Gasteiger partial charge in [-0.15, -0.1) is 11.3 Å². The number of hydrogen-bond donors (Lipinski definition) is 1. The van der Waals surface area contributed by atoms with E-state index in [0.29, 0.717) is 6.04 Å². The zero-order valence-corrected chi connectivity index (χ0v) is 13.9. The third-order valence-electron chi connectivity index (χ3n) is 4.27. The zero-order valence-electron chi connectivity index (χ0n) is 13.1. The van der Waals surface area contributed by atoms with Crippen LogP contribution in [0.25, 0.3) is 10.2 Å². The monoisotopic (exact) mass is 325 g/mol. The van der Waals surface area contributed by atoms with E-state index < -0.39 is 0 Å². The van der Waals surface area contributed by atoms with Crippen molar-refractivity contribution >= 4 is 33.2 Å². The van der Waals surface area contributed by atoms with Gasteiger partial charge < -0.3 is 10.2 Å². The van der Waals surface area contributed by atoms with Crippen molar-refractivity contribution in [2.75, 3.05) is 23.3 Å². The standard InChI is InChI=1S/C17H19N5S/c1-12-10-23-16-15(12)19-11-20-17(16)21-13-5-4-8-22(9-13)14-6-2-3-7-18-14/h2-3,6-7,10-11,13H,4-5,8-9H2,1H3,(H,19,20,21)/t13-/m0/s1. The number of thiophene rings is 1. The van der Waals surface area contributed by atoms with Gasteiger partial charge in [0, 0.05) is 25.3 Å². The van der Waals surface area contributed by atoms with E-state index in [1.807, 2.05) is 18.3 Å². The molecule has 118 valence electrons. The maximum Gasteiger partial charge on any atom is 0.147 e. The van der Waals surface area contributed by atoms with Gasteiger partial charge in [0.05, 0.1) is 10.2 Å². The van der Waals surface area contributed by atoms with Gasteiger partial charge in [0.1, 0.15) is 18.0 Å². The molecule has 1 saturated heterocycles. The average Bonchev–Trinajstić information content (AvgIpc) is 2.99. The predicted octanol–water partition coefficient (Wildman–Crippen LogP) is 3.48. The Hall–Kier alpha value is -2.21. The van der Waals surface area contributed by atoms with E-state index in [0.717, 1.165) is 47.8 Å². The third-order valence-corrected chi connectivity index (χ3v) is 5.36. The molecule has 0 radical (unpaired) electrons. The predicted molar refractivity (Wildman–Crippen MR) is 95.2 cm³/mol. The molecular formula is C17H19N5S. The Morgan fingerprint density at radius 2 is 2.22 bits per heavy atom. The Labute approximate surface area is 139 Å². The molecule has 0 unspecified atom stereocenters. The van der Waals surface area contributed by atoms with Crippen LogP contribution >= 0.6 is 11.3 Å². The van der Waals surface area contributed by atoms with E-state index in [4.69, 9.17) is 0 Å². The fourth-order valence-electron chi connectivity index (χ4n) is 3.11. The second-order valence-corrected chi connectivity index (χ2v) is 6.82. The summed E-state index contributed by atoms with van der Waals surface area (Å²) in [4.78, 5) is 15.7. The number of pyridine rings is 1. The van der Waals surface area contributed by atoms with E-state index in [-0.39, 0.29) is 0 Å². The number of nitrogens with zero attached hydrogens (tertiary/aromatic N) is 4. The fraction of sp³-hybridized carbons (Fsp3) is 0.353. The summed E-state index contributed by atoms with van der Waals surface area (Å²) in [5, 5.41) is 5.77. The van der Waals surface area contributed by atoms with Crippen LogP contribution in [0.5, 0.6) is 0 Å². The highest BCUT2D eigenvalue weighted by Gasteiger charge is 2.22. The smallest absolute Gasteiger partial charge is 0.147 e. The van der Waals surface area contributed by atoms with Crippen molar-refractivity contribution in [1.29, 1.82) is 0 Å². The van der Waals surface area contributed by atoms with Crippen molar-refractivity contribution in [2.24, 2.45) is 0 Å². The van der Waals surface area contributed by atoms with Gasteiger partial charge in [-0.05, 0) is 42.8 Å². The molecule has 0 spiro atoms. The van der Waals surface area contributed by atoms with Gasteiger partial charge in [0.15, 0.2) is 0 Å². The van der Waals surface area contributed by atoms with Crippen LogP contribution in [-0.4, -0.2) is 34.1 Å². The minimum Gasteiger partial charge on any atom is -0.364 e. The summed E-state index contributed by atoms with van der Waals surface area (Å²) >= 11 is 1.71. The van der Waals surface area contributed by atoms with Crippen LogP contribution < -0.4 is 10.2 Å². The van der Waals surface area contributed by atoms with Gasteiger partial charge in [-0.2, -0.15) is 0 Å². The van der Waals surface area contributed by atoms with Gasteiger partial charge in [0.2, 0.25) is 0 Å². The minimum atomic E-state index is 0.381. The Morgan fingerprint density at radius 3 is 3.09 bits per heavy atom. The lowest BCUT2D eigenvalue weighted by molar-refractivity contribution is 0.526. The molecule has 0 bridgehead atoms. The summed E-state index contributed by atoms with van der Waals surface area (Å²) in [7, 11) is 0. The lowest BCUT2D eigenvalue weighted by Gasteiger charge is -2.34. The molecular weight excluding hydrogens is 306 g/mol. The van der Waals surface area contributed by atoms with Gasteiger partial charge in [0.25, 0.3) is 0 Å². The number of piperidine rings is 1. The van der Waals surface area contributed by atoms with Crippen molar-refractivity contribution < 1.29 is 0 Å². The minimum absolute atomic E-state index is 0.381. The largest absolute Gasteiger partial charge is 0.364 e. The molecule has 23 heavy (non-hydrogen) atoms. The van der Waals surface area contributed by atoms with E-state index in [1.165, 1.54) is 5.56 Å². The molecule has 3 aromatic heterocycles. The SMILES string of the molecule is Cc1csc2c(N[C@H]3CCCN(c4ccccn4)C3)ncnc12. The van der Waals surface area contributed by atoms with Crippen molar-refractivity contribution in [3.63, 3.8) is 0 Å². The van der Waals surface area contributed by atoms with Crippen LogP contribution in [0, 0.1) is 6.92 Å². The summed E-state index contributed by atoms with van der Waals surface area (Å²) in [6.45, 7) is 4.11. The topological polar surface area (TPSA) is 53.9 Å². The molecule has 5 nitrogen and oxygen atoms in total. The highest BCUT2D eigenvalue weighted by Crippen LogP contribution is 2.29. The second kappa shape index (κ2) is 6.12. The lowest BCUT2D eigenvalue weighted by atomic mass is 10.1. The van der Waals surface area contributed by atoms with Crippen molar-refractivity contribution in [3.05, 3.63) is 41.7 Å². The molecule has 6 heteroatoms. The summed E-state index contributed by atoms with van der Waals surface area (Å²) in [6.07, 6.45) is 5.82. The summed E-state index contributed by atoms with van der Waals surface area (Å²) in [5.41, 5.74) is 2.28. The molecule has 4 rings (SSSR count). The average molecular weight is 325 g/mol. The third kappa shape index (κ3) is 2.86. The van der Waals surface area contributed by atoms with Gasteiger partial charge in [-0.3, -0.25) is 0 Å². The number of fused-ring (bicyclic) bond motifs is 1. The van der Waals surface area contributed by atoms with Crippen LogP contribution in [0.1, 0.15) is 18.4 Å². The number of nitrogens with one attached hydrogen (secondary N) is 1. The molecule has 1 aliphatic rings. The normalized spacial score (nSPS) is 18.3. The van der Waals surface area contributed by atoms with Crippen LogP contribution in [0.15, 0.2) is 36.1 Å². The van der Waals surface area contributed by atoms with Crippen molar-refractivity contribution in [1.82, 2.24) is 15.0 Å². The van der Waals surface area contributed by atoms with Crippen molar-refractivity contribution in [3.8, 4) is 0 Å². The molecule has 1 atom stereocenters. The van der Waals surface area contributed by atoms with Crippen LogP contribution in [-0.2, 0) is 0 Å². The molecule has 0 amide bonds. The van der Waals surface area contributed by atoms with E-state index in [2.05, 4.69) is 43.5 Å². The maximum absolute atomic E-state index is 4.47.